The van der Waals surface area contributed by atoms with Crippen molar-refractivity contribution < 1.29 is 5.11 Å². The predicted octanol–water partition coefficient (Wildman–Crippen LogP) is 4.77. The van der Waals surface area contributed by atoms with Crippen LogP contribution in [0.2, 0.25) is 0 Å². The summed E-state index contributed by atoms with van der Waals surface area (Å²) in [6, 6.07) is 0. The molecule has 1 aromatic heterocycles. The van der Waals surface area contributed by atoms with Crippen molar-refractivity contribution in [1.29, 1.82) is 0 Å². The van der Waals surface area contributed by atoms with Gasteiger partial charge in [0.2, 0.25) is 0 Å². The quantitative estimate of drug-likeness (QED) is 0.367. The van der Waals surface area contributed by atoms with Crippen LogP contribution >= 0.6 is 0 Å². The average molecular weight is 325 g/mol. The SMILES string of the molecule is C#C.C=C(C)[C@@H]1CCC(C)=C[C@H]1C/C(O)=C\C(=C/C)n1cncn1. The first-order chi connectivity index (χ1) is 11.5. The molecule has 1 aromatic rings. The third-order valence-corrected chi connectivity index (χ3v) is 4.24. The predicted molar refractivity (Wildman–Crippen MR) is 100.0 cm³/mol. The highest BCUT2D eigenvalue weighted by molar-refractivity contribution is 5.55. The van der Waals surface area contributed by atoms with Crippen LogP contribution in [0.3, 0.4) is 0 Å². The molecule has 24 heavy (non-hydrogen) atoms. The Morgan fingerprint density at radius 2 is 2.21 bits per heavy atom. The molecule has 4 nitrogen and oxygen atoms in total. The van der Waals surface area contributed by atoms with E-state index < -0.39 is 0 Å². The van der Waals surface area contributed by atoms with Gasteiger partial charge in [0.15, 0.2) is 0 Å². The molecule has 0 unspecified atom stereocenters. The lowest BCUT2D eigenvalue weighted by atomic mass is 9.76. The van der Waals surface area contributed by atoms with Gasteiger partial charge in [0.25, 0.3) is 0 Å². The largest absolute Gasteiger partial charge is 0.512 e. The van der Waals surface area contributed by atoms with Crippen LogP contribution in [0.5, 0.6) is 0 Å². The molecule has 0 bridgehead atoms. The lowest BCUT2D eigenvalue weighted by Gasteiger charge is -2.30. The van der Waals surface area contributed by atoms with Crippen LogP contribution in [0.25, 0.3) is 5.70 Å². The van der Waals surface area contributed by atoms with Crippen molar-refractivity contribution in [1.82, 2.24) is 14.8 Å². The second-order valence-corrected chi connectivity index (χ2v) is 6.06. The molecule has 2 atom stereocenters. The van der Waals surface area contributed by atoms with Crippen molar-refractivity contribution in [2.24, 2.45) is 11.8 Å². The maximum absolute atomic E-state index is 10.4. The van der Waals surface area contributed by atoms with Crippen molar-refractivity contribution in [3.8, 4) is 12.8 Å². The molecule has 0 aliphatic heterocycles. The lowest BCUT2D eigenvalue weighted by molar-refractivity contribution is 0.321. The number of nitrogens with zero attached hydrogens (tertiary/aromatic N) is 3. The van der Waals surface area contributed by atoms with Gasteiger partial charge < -0.3 is 5.11 Å². The van der Waals surface area contributed by atoms with Crippen LogP contribution in [-0.2, 0) is 0 Å². The van der Waals surface area contributed by atoms with Gasteiger partial charge in [-0.3, -0.25) is 0 Å². The first kappa shape index (κ1) is 19.5. The van der Waals surface area contributed by atoms with Crippen molar-refractivity contribution in [2.45, 2.75) is 40.0 Å². The fourth-order valence-corrected chi connectivity index (χ4v) is 3.07. The molecule has 128 valence electrons. The zero-order chi connectivity index (χ0) is 18.1. The summed E-state index contributed by atoms with van der Waals surface area (Å²) in [4.78, 5) is 3.94. The lowest BCUT2D eigenvalue weighted by Crippen LogP contribution is -2.19. The minimum atomic E-state index is 0.316. The summed E-state index contributed by atoms with van der Waals surface area (Å²) >= 11 is 0. The Labute approximate surface area is 145 Å². The average Bonchev–Trinajstić information content (AvgIpc) is 3.08. The summed E-state index contributed by atoms with van der Waals surface area (Å²) in [5, 5.41) is 14.5. The van der Waals surface area contributed by atoms with E-state index in [2.05, 4.69) is 49.4 Å². The van der Waals surface area contributed by atoms with Crippen molar-refractivity contribution in [3.05, 3.63) is 54.4 Å². The molecule has 0 saturated carbocycles. The molecular formula is C20H27N3O. The maximum Gasteiger partial charge on any atom is 0.138 e. The zero-order valence-electron chi connectivity index (χ0n) is 14.8. The van der Waals surface area contributed by atoms with E-state index in [1.165, 1.54) is 17.5 Å². The molecule has 0 spiro atoms. The Morgan fingerprint density at radius 1 is 1.50 bits per heavy atom. The standard InChI is InChI=1S/C18H25N3O.C2H2/c1-5-16(21-12-19-11-20-21)10-17(22)9-15-8-14(4)6-7-18(15)13(2)3;1-2/h5,8,10-12,15,18,22H,2,6-7,9H2,1,3-4H3;1-2H/b16-5+,17-10+;/t15-,18-;/m0./s1. The smallest absolute Gasteiger partial charge is 0.138 e. The van der Waals surface area contributed by atoms with Gasteiger partial charge in [0.05, 0.1) is 11.5 Å². The molecule has 0 aromatic carbocycles. The van der Waals surface area contributed by atoms with E-state index in [0.717, 1.165) is 18.5 Å². The molecule has 0 radical (unpaired) electrons. The molecule has 4 heteroatoms. The van der Waals surface area contributed by atoms with Gasteiger partial charge in [0.1, 0.15) is 12.7 Å². The van der Waals surface area contributed by atoms with Crippen LogP contribution in [0.15, 0.2) is 54.4 Å². The number of aromatic nitrogens is 3. The highest BCUT2D eigenvalue weighted by Crippen LogP contribution is 2.36. The highest BCUT2D eigenvalue weighted by Gasteiger charge is 2.25. The molecule has 1 N–H and O–H groups in total. The Bertz CT molecular complexity index is 648. The second kappa shape index (κ2) is 9.57. The minimum absolute atomic E-state index is 0.316. The van der Waals surface area contributed by atoms with Crippen molar-refractivity contribution >= 4 is 5.70 Å². The van der Waals surface area contributed by atoms with Gasteiger partial charge in [-0.25, -0.2) is 9.67 Å². The Kier molecular flexibility index (Phi) is 7.77. The highest BCUT2D eigenvalue weighted by atomic mass is 16.3. The number of aliphatic hydroxyl groups excluding tert-OH is 1. The van der Waals surface area contributed by atoms with E-state index in [4.69, 9.17) is 0 Å². The van der Waals surface area contributed by atoms with Crippen LogP contribution < -0.4 is 0 Å². The molecule has 1 aliphatic rings. The molecule has 1 heterocycles. The number of hydrogen-bond donors (Lipinski definition) is 1. The van der Waals surface area contributed by atoms with Crippen LogP contribution in [0, 0.1) is 24.7 Å². The van der Waals surface area contributed by atoms with Gasteiger partial charge in [0, 0.05) is 12.5 Å². The summed E-state index contributed by atoms with van der Waals surface area (Å²) in [6.07, 6.45) is 19.9. The maximum atomic E-state index is 10.4. The van der Waals surface area contributed by atoms with E-state index in [0.29, 0.717) is 24.0 Å². The topological polar surface area (TPSA) is 50.9 Å². The molecule has 0 amide bonds. The van der Waals surface area contributed by atoms with E-state index >= 15 is 0 Å². The second-order valence-electron chi connectivity index (χ2n) is 6.06. The number of rotatable bonds is 5. The Hall–Kier alpha value is -2.54. The Balaban J connectivity index is 0.00000139. The van der Waals surface area contributed by atoms with Gasteiger partial charge in [-0.2, -0.15) is 5.10 Å². The minimum Gasteiger partial charge on any atom is -0.512 e. The first-order valence-corrected chi connectivity index (χ1v) is 8.08. The molecule has 0 saturated heterocycles. The van der Waals surface area contributed by atoms with Gasteiger partial charge in [-0.15, -0.1) is 12.8 Å². The third-order valence-electron chi connectivity index (χ3n) is 4.24. The molecule has 0 fully saturated rings. The first-order valence-electron chi connectivity index (χ1n) is 8.08. The summed E-state index contributed by atoms with van der Waals surface area (Å²) in [5.74, 6) is 1.13. The monoisotopic (exact) mass is 325 g/mol. The number of terminal acetylenes is 1. The number of allylic oxidation sites excluding steroid dienone is 7. The summed E-state index contributed by atoms with van der Waals surface area (Å²) < 4.78 is 1.65. The van der Waals surface area contributed by atoms with Crippen molar-refractivity contribution in [3.63, 3.8) is 0 Å². The normalized spacial score (nSPS) is 21.5. The number of hydrogen-bond acceptors (Lipinski definition) is 3. The van der Waals surface area contributed by atoms with Gasteiger partial charge in [-0.05, 0) is 45.4 Å². The zero-order valence-corrected chi connectivity index (χ0v) is 14.8. The van der Waals surface area contributed by atoms with E-state index in [1.807, 2.05) is 13.0 Å². The van der Waals surface area contributed by atoms with E-state index in [9.17, 15) is 5.11 Å². The Morgan fingerprint density at radius 3 is 2.75 bits per heavy atom. The van der Waals surface area contributed by atoms with E-state index in [-0.39, 0.29) is 0 Å². The van der Waals surface area contributed by atoms with Crippen LogP contribution in [0.4, 0.5) is 0 Å². The molecular weight excluding hydrogens is 298 g/mol. The number of aliphatic hydroxyl groups is 1. The summed E-state index contributed by atoms with van der Waals surface area (Å²) in [7, 11) is 0. The van der Waals surface area contributed by atoms with Gasteiger partial charge >= 0.3 is 0 Å². The van der Waals surface area contributed by atoms with Gasteiger partial charge in [-0.1, -0.05) is 29.9 Å². The fourth-order valence-electron chi connectivity index (χ4n) is 3.07. The fraction of sp³-hybridized carbons (Fsp3) is 0.400. The summed E-state index contributed by atoms with van der Waals surface area (Å²) in [6.45, 7) is 10.3. The summed E-state index contributed by atoms with van der Waals surface area (Å²) in [5.41, 5.74) is 3.42. The third kappa shape index (κ3) is 5.27. The molecule has 2 rings (SSSR count). The van der Waals surface area contributed by atoms with Crippen LogP contribution in [0.1, 0.15) is 40.0 Å². The van der Waals surface area contributed by atoms with E-state index in [1.54, 1.807) is 17.1 Å². The van der Waals surface area contributed by atoms with Crippen molar-refractivity contribution in [2.75, 3.05) is 0 Å². The van der Waals surface area contributed by atoms with Crippen LogP contribution in [-0.4, -0.2) is 19.9 Å². The molecule has 1 aliphatic carbocycles.